The number of allylic oxidation sites excluding steroid dienone is 3. The first-order chi connectivity index (χ1) is 13.5. The third-order valence-electron chi connectivity index (χ3n) is 5.36. The average molecular weight is 370 g/mol. The number of nitriles is 2. The third-order valence-corrected chi connectivity index (χ3v) is 5.36. The number of carbonyl (C=O) groups is 1. The fourth-order valence-electron chi connectivity index (χ4n) is 4.02. The number of ketones is 1. The van der Waals surface area contributed by atoms with Gasteiger partial charge in [-0.1, -0.05) is 43.0 Å². The van der Waals surface area contributed by atoms with Crippen LogP contribution in [0.25, 0.3) is 5.57 Å². The molecule has 0 aliphatic heterocycles. The van der Waals surface area contributed by atoms with E-state index in [4.69, 9.17) is 0 Å². The molecule has 1 aliphatic rings. The van der Waals surface area contributed by atoms with Crippen molar-refractivity contribution in [2.45, 2.75) is 25.7 Å². The van der Waals surface area contributed by atoms with E-state index >= 15 is 0 Å². The van der Waals surface area contributed by atoms with Crippen LogP contribution >= 0.6 is 0 Å². The summed E-state index contributed by atoms with van der Waals surface area (Å²) < 4.78 is 13.5. The second kappa shape index (κ2) is 8.03. The largest absolute Gasteiger partial charge is 0.295 e. The van der Waals surface area contributed by atoms with Crippen LogP contribution in [0.3, 0.4) is 0 Å². The highest BCUT2D eigenvalue weighted by Crippen LogP contribution is 2.47. The van der Waals surface area contributed by atoms with Crippen LogP contribution < -0.4 is 0 Å². The van der Waals surface area contributed by atoms with E-state index in [1.807, 2.05) is 36.4 Å². The van der Waals surface area contributed by atoms with Crippen molar-refractivity contribution in [2.75, 3.05) is 0 Å². The number of nitrogens with zero attached hydrogens (tertiary/aromatic N) is 2. The van der Waals surface area contributed by atoms with Gasteiger partial charge in [0.25, 0.3) is 0 Å². The van der Waals surface area contributed by atoms with E-state index in [2.05, 4.69) is 6.58 Å². The Kier molecular flexibility index (Phi) is 5.52. The predicted octanol–water partition coefficient (Wildman–Crippen LogP) is 5.12. The molecule has 0 bridgehead atoms. The minimum atomic E-state index is -0.432. The molecular formula is C24H19FN2O. The van der Waals surface area contributed by atoms with Crippen molar-refractivity contribution in [3.05, 3.63) is 88.8 Å². The van der Waals surface area contributed by atoms with Crippen LogP contribution in [0.4, 0.5) is 4.39 Å². The van der Waals surface area contributed by atoms with E-state index in [1.165, 1.54) is 19.1 Å². The summed E-state index contributed by atoms with van der Waals surface area (Å²) in [6.07, 6.45) is 1.42. The minimum Gasteiger partial charge on any atom is -0.295 e. The zero-order valence-corrected chi connectivity index (χ0v) is 15.6. The van der Waals surface area contributed by atoms with Gasteiger partial charge < -0.3 is 0 Å². The molecule has 0 amide bonds. The average Bonchev–Trinajstić information content (AvgIpc) is 2.71. The quantitative estimate of drug-likeness (QED) is 0.554. The van der Waals surface area contributed by atoms with E-state index in [0.717, 1.165) is 23.1 Å². The maximum atomic E-state index is 13.5. The number of hydrogen-bond donors (Lipinski definition) is 0. The molecule has 2 atom stereocenters. The smallest absolute Gasteiger partial charge is 0.155 e. The van der Waals surface area contributed by atoms with Gasteiger partial charge in [-0.2, -0.15) is 10.5 Å². The van der Waals surface area contributed by atoms with Gasteiger partial charge in [-0.25, -0.2) is 4.39 Å². The van der Waals surface area contributed by atoms with Crippen molar-refractivity contribution < 1.29 is 9.18 Å². The summed E-state index contributed by atoms with van der Waals surface area (Å²) in [6.45, 7) is 5.45. The van der Waals surface area contributed by atoms with Gasteiger partial charge in [0.15, 0.2) is 5.78 Å². The first-order valence-corrected chi connectivity index (χ1v) is 9.05. The monoisotopic (exact) mass is 370 g/mol. The van der Waals surface area contributed by atoms with Crippen LogP contribution in [0.15, 0.2) is 66.3 Å². The van der Waals surface area contributed by atoms with E-state index in [9.17, 15) is 19.7 Å². The number of aryl methyl sites for hydroxylation is 1. The molecule has 0 saturated carbocycles. The Morgan fingerprint density at radius 3 is 2.39 bits per heavy atom. The number of halogens is 1. The molecule has 2 aromatic rings. The number of fused-ring (bicyclic) bond motifs is 1. The van der Waals surface area contributed by atoms with E-state index in [1.54, 1.807) is 12.1 Å². The van der Waals surface area contributed by atoms with Crippen LogP contribution in [0, 0.1) is 34.4 Å². The van der Waals surface area contributed by atoms with Gasteiger partial charge in [-0.3, -0.25) is 4.79 Å². The van der Waals surface area contributed by atoms with E-state index < -0.39 is 5.92 Å². The van der Waals surface area contributed by atoms with Gasteiger partial charge in [-0.15, -0.1) is 0 Å². The van der Waals surface area contributed by atoms with Gasteiger partial charge >= 0.3 is 0 Å². The normalized spacial score (nSPS) is 16.3. The first kappa shape index (κ1) is 19.3. The summed E-state index contributed by atoms with van der Waals surface area (Å²) in [6, 6.07) is 17.7. The lowest BCUT2D eigenvalue weighted by molar-refractivity contribution is -0.113. The van der Waals surface area contributed by atoms with Crippen molar-refractivity contribution >= 4 is 11.4 Å². The molecule has 138 valence electrons. The minimum absolute atomic E-state index is 0.0422. The third kappa shape index (κ3) is 3.50. The SMILES string of the molecule is C=C(C(C)=O)[C@H](c1ccc(F)cc1)[C@H]1CCc2ccccc2C1=C(C#N)C#N. The zero-order valence-electron chi connectivity index (χ0n) is 15.6. The summed E-state index contributed by atoms with van der Waals surface area (Å²) in [7, 11) is 0. The van der Waals surface area contributed by atoms with Gasteiger partial charge in [0.1, 0.15) is 23.5 Å². The molecule has 0 saturated heterocycles. The van der Waals surface area contributed by atoms with Gasteiger partial charge in [0.05, 0.1) is 0 Å². The summed E-state index contributed by atoms with van der Waals surface area (Å²) in [5, 5.41) is 19.2. The number of rotatable bonds is 4. The molecule has 4 heteroatoms. The zero-order chi connectivity index (χ0) is 20.3. The van der Waals surface area contributed by atoms with Gasteiger partial charge in [0.2, 0.25) is 0 Å². The Balaban J connectivity index is 2.24. The van der Waals surface area contributed by atoms with Crippen molar-refractivity contribution in [1.82, 2.24) is 0 Å². The Hall–Kier alpha value is -3.50. The topological polar surface area (TPSA) is 64.7 Å². The standard InChI is InChI=1S/C24H19FN2O/c1-15(16(2)28)23(18-7-10-20(25)11-8-18)22-12-9-17-5-3-4-6-21(17)24(22)19(13-26)14-27/h3-8,10-11,22-23H,1,9,12H2,2H3/t22-,23-/m1/s1. The number of benzene rings is 2. The molecule has 3 nitrogen and oxygen atoms in total. The molecule has 0 unspecified atom stereocenters. The lowest BCUT2D eigenvalue weighted by Gasteiger charge is -2.35. The molecule has 28 heavy (non-hydrogen) atoms. The number of Topliss-reactive ketones (excluding diaryl/α,β-unsaturated/α-hetero) is 1. The van der Waals surface area contributed by atoms with Crippen LogP contribution in [0.1, 0.15) is 36.0 Å². The summed E-state index contributed by atoms with van der Waals surface area (Å²) in [5.41, 5.74) is 3.76. The van der Waals surface area contributed by atoms with Crippen LogP contribution in [0.5, 0.6) is 0 Å². The van der Waals surface area contributed by atoms with Crippen LogP contribution in [-0.2, 0) is 11.2 Å². The fraction of sp³-hybridized carbons (Fsp3) is 0.208. The molecule has 0 heterocycles. The predicted molar refractivity (Wildman–Crippen MR) is 105 cm³/mol. The molecule has 0 spiro atoms. The first-order valence-electron chi connectivity index (χ1n) is 9.05. The Morgan fingerprint density at radius 2 is 1.79 bits per heavy atom. The fourth-order valence-corrected chi connectivity index (χ4v) is 4.02. The molecule has 1 aliphatic carbocycles. The maximum absolute atomic E-state index is 13.5. The highest BCUT2D eigenvalue weighted by Gasteiger charge is 2.36. The second-order valence-electron chi connectivity index (χ2n) is 6.93. The van der Waals surface area contributed by atoms with Crippen LogP contribution in [-0.4, -0.2) is 5.78 Å². The molecular weight excluding hydrogens is 351 g/mol. The van der Waals surface area contributed by atoms with Crippen molar-refractivity contribution in [3.8, 4) is 12.1 Å². The summed E-state index contributed by atoms with van der Waals surface area (Å²) in [4.78, 5) is 12.2. The van der Waals surface area contributed by atoms with Crippen molar-refractivity contribution in [1.29, 1.82) is 10.5 Å². The van der Waals surface area contributed by atoms with Crippen LogP contribution in [0.2, 0.25) is 0 Å². The van der Waals surface area contributed by atoms with Gasteiger partial charge in [0, 0.05) is 5.92 Å². The second-order valence-corrected chi connectivity index (χ2v) is 6.93. The molecule has 0 radical (unpaired) electrons. The molecule has 0 aromatic heterocycles. The lowest BCUT2D eigenvalue weighted by atomic mass is 9.67. The Bertz CT molecular complexity index is 1040. The molecule has 0 fully saturated rings. The van der Waals surface area contributed by atoms with E-state index in [-0.39, 0.29) is 23.1 Å². The Labute approximate surface area is 164 Å². The Morgan fingerprint density at radius 1 is 1.14 bits per heavy atom. The lowest BCUT2D eigenvalue weighted by Crippen LogP contribution is -2.24. The van der Waals surface area contributed by atoms with E-state index in [0.29, 0.717) is 17.6 Å². The molecule has 3 rings (SSSR count). The maximum Gasteiger partial charge on any atom is 0.155 e. The highest BCUT2D eigenvalue weighted by atomic mass is 19.1. The molecule has 0 N–H and O–H groups in total. The number of carbonyl (C=O) groups excluding carboxylic acids is 1. The van der Waals surface area contributed by atoms with Gasteiger partial charge in [-0.05, 0) is 65.7 Å². The summed E-state index contributed by atoms with van der Waals surface area (Å²) >= 11 is 0. The molecule has 2 aromatic carbocycles. The number of hydrogen-bond acceptors (Lipinski definition) is 3. The summed E-state index contributed by atoms with van der Waals surface area (Å²) in [5.74, 6) is -1.23. The van der Waals surface area contributed by atoms with Crippen molar-refractivity contribution in [3.63, 3.8) is 0 Å². The highest BCUT2D eigenvalue weighted by molar-refractivity contribution is 5.95. The van der Waals surface area contributed by atoms with Crippen molar-refractivity contribution in [2.24, 2.45) is 5.92 Å².